The fourth-order valence-electron chi connectivity index (χ4n) is 5.55. The molecule has 2 aromatic rings. The molecule has 50 heavy (non-hydrogen) atoms. The maximum absolute atomic E-state index is 12.5. The Hall–Kier alpha value is -4.88. The summed E-state index contributed by atoms with van der Waals surface area (Å²) in [6.07, 6.45) is -11.4. The Bertz CT molecular complexity index is 1490. The Morgan fingerprint density at radius 1 is 0.820 bits per heavy atom. The van der Waals surface area contributed by atoms with Crippen LogP contribution in [0.25, 0.3) is 0 Å². The van der Waals surface area contributed by atoms with Crippen molar-refractivity contribution in [2.24, 2.45) is 0 Å². The van der Waals surface area contributed by atoms with Crippen molar-refractivity contribution in [3.8, 4) is 5.75 Å². The van der Waals surface area contributed by atoms with E-state index in [1.807, 2.05) is 0 Å². The van der Waals surface area contributed by atoms with Gasteiger partial charge in [-0.1, -0.05) is 18.2 Å². The number of benzene rings is 2. The van der Waals surface area contributed by atoms with Gasteiger partial charge in [0.05, 0.1) is 11.5 Å². The van der Waals surface area contributed by atoms with Gasteiger partial charge in [-0.05, 0) is 24.3 Å². The smallest absolute Gasteiger partial charge is 0.303 e. The van der Waals surface area contributed by atoms with Crippen LogP contribution in [-0.2, 0) is 47.6 Å². The number of esters is 3. The minimum atomic E-state index is -1.64. The molecule has 0 radical (unpaired) electrons. The number of nitrogens with one attached hydrogen (secondary N) is 2. The Morgan fingerprint density at radius 2 is 1.44 bits per heavy atom. The Kier molecular flexibility index (Phi) is 13.0. The van der Waals surface area contributed by atoms with Crippen LogP contribution in [0.4, 0.5) is 11.4 Å². The van der Waals surface area contributed by atoms with Gasteiger partial charge in [-0.15, -0.1) is 0 Å². The van der Waals surface area contributed by atoms with Crippen molar-refractivity contribution in [2.75, 3.05) is 18.5 Å². The van der Waals surface area contributed by atoms with E-state index in [4.69, 9.17) is 33.2 Å². The highest BCUT2D eigenvalue weighted by Gasteiger charge is 2.55. The molecule has 2 fully saturated rings. The van der Waals surface area contributed by atoms with Crippen LogP contribution < -0.4 is 15.4 Å². The van der Waals surface area contributed by atoms with Gasteiger partial charge in [0.25, 0.3) is 5.69 Å². The highest BCUT2D eigenvalue weighted by Crippen LogP contribution is 2.34. The molecule has 0 aliphatic carbocycles. The first-order valence-electron chi connectivity index (χ1n) is 15.5. The average molecular weight is 706 g/mol. The number of aliphatic hydroxyl groups excluding tert-OH is 2. The maximum atomic E-state index is 12.5. The maximum Gasteiger partial charge on any atom is 0.303 e. The third kappa shape index (κ3) is 9.85. The van der Waals surface area contributed by atoms with Gasteiger partial charge in [0.15, 0.2) is 18.5 Å². The minimum absolute atomic E-state index is 0.0842. The van der Waals surface area contributed by atoms with E-state index in [2.05, 4.69) is 10.6 Å². The SMILES string of the molecule is CC(=O)NC1C(Oc2ccc([N+](=O)[O-])cc2)OC(CO)C(O)C1OC1OC(COC(C)=O)C(OC(C)=O)C(OC(C)=O)C1Nc1ccccc1. The zero-order valence-electron chi connectivity index (χ0n) is 27.5. The Balaban J connectivity index is 1.77. The summed E-state index contributed by atoms with van der Waals surface area (Å²) >= 11 is 0. The predicted octanol–water partition coefficient (Wildman–Crippen LogP) is 0.574. The first kappa shape index (κ1) is 37.9. The van der Waals surface area contributed by atoms with Crippen molar-refractivity contribution >= 4 is 35.2 Å². The molecule has 4 N–H and O–H groups in total. The molecule has 2 aliphatic heterocycles. The van der Waals surface area contributed by atoms with E-state index >= 15 is 0 Å². The normalized spacial score (nSPS) is 29.2. The molecule has 10 unspecified atom stereocenters. The molecule has 18 heteroatoms. The molecule has 10 atom stereocenters. The fourth-order valence-corrected chi connectivity index (χ4v) is 5.55. The number of anilines is 1. The summed E-state index contributed by atoms with van der Waals surface area (Å²) in [5.41, 5.74) is 0.278. The molecule has 1 amide bonds. The van der Waals surface area contributed by atoms with Crippen molar-refractivity contribution in [3.63, 3.8) is 0 Å². The molecular formula is C32H39N3O15. The van der Waals surface area contributed by atoms with Crippen LogP contribution >= 0.6 is 0 Å². The number of nitrogens with zero attached hydrogens (tertiary/aromatic N) is 1. The number of hydrogen-bond donors (Lipinski definition) is 4. The number of rotatable bonds is 13. The largest absolute Gasteiger partial charge is 0.463 e. The number of amides is 1. The van der Waals surface area contributed by atoms with Crippen molar-refractivity contribution in [1.82, 2.24) is 5.32 Å². The number of nitro benzene ring substituents is 1. The Labute approximate surface area is 286 Å². The van der Waals surface area contributed by atoms with Gasteiger partial charge >= 0.3 is 17.9 Å². The molecule has 2 aromatic carbocycles. The van der Waals surface area contributed by atoms with Crippen LogP contribution in [0.15, 0.2) is 54.6 Å². The second-order valence-corrected chi connectivity index (χ2v) is 11.4. The molecule has 2 heterocycles. The first-order valence-corrected chi connectivity index (χ1v) is 15.5. The van der Waals surface area contributed by atoms with Crippen molar-refractivity contribution in [1.29, 1.82) is 0 Å². The van der Waals surface area contributed by atoms with Crippen molar-refractivity contribution in [2.45, 2.75) is 89.0 Å². The molecule has 0 bridgehead atoms. The third-order valence-corrected chi connectivity index (χ3v) is 7.62. The van der Waals surface area contributed by atoms with Crippen molar-refractivity contribution < 1.29 is 67.5 Å². The lowest BCUT2D eigenvalue weighted by Gasteiger charge is -2.49. The second kappa shape index (κ2) is 17.2. The number of non-ortho nitro benzene ring substituents is 1. The summed E-state index contributed by atoms with van der Waals surface area (Å²) in [6, 6.07) is 11.0. The summed E-state index contributed by atoms with van der Waals surface area (Å²) in [5.74, 6) is -2.73. The number of ether oxygens (including phenoxy) is 7. The number of nitro groups is 1. The van der Waals surface area contributed by atoms with Crippen LogP contribution in [-0.4, -0.2) is 113 Å². The molecule has 272 valence electrons. The number of carbonyl (C=O) groups excluding carboxylic acids is 4. The summed E-state index contributed by atoms with van der Waals surface area (Å²) in [5, 5.41) is 38.5. The van der Waals surface area contributed by atoms with Gasteiger partial charge in [0.2, 0.25) is 12.2 Å². The number of carbonyl (C=O) groups is 4. The van der Waals surface area contributed by atoms with E-state index < -0.39 is 103 Å². The van der Waals surface area contributed by atoms with Gasteiger partial charge in [0.1, 0.15) is 48.9 Å². The second-order valence-electron chi connectivity index (χ2n) is 11.4. The van der Waals surface area contributed by atoms with Crippen LogP contribution in [0.1, 0.15) is 27.7 Å². The van der Waals surface area contributed by atoms with Gasteiger partial charge in [-0.3, -0.25) is 29.3 Å². The molecule has 2 saturated heterocycles. The zero-order chi connectivity index (χ0) is 36.5. The highest BCUT2D eigenvalue weighted by molar-refractivity contribution is 5.73. The number of aliphatic hydroxyl groups is 2. The quantitative estimate of drug-likeness (QED) is 0.0964. The lowest BCUT2D eigenvalue weighted by Crippen LogP contribution is -2.69. The van der Waals surface area contributed by atoms with E-state index in [0.717, 1.165) is 20.8 Å². The predicted molar refractivity (Wildman–Crippen MR) is 168 cm³/mol. The summed E-state index contributed by atoms with van der Waals surface area (Å²) in [7, 11) is 0. The molecule has 0 spiro atoms. The lowest BCUT2D eigenvalue weighted by atomic mass is 9.94. The van der Waals surface area contributed by atoms with E-state index in [-0.39, 0.29) is 11.4 Å². The lowest BCUT2D eigenvalue weighted by molar-refractivity contribution is -0.384. The van der Waals surface area contributed by atoms with E-state index in [9.17, 15) is 39.5 Å². The monoisotopic (exact) mass is 705 g/mol. The highest BCUT2D eigenvalue weighted by atomic mass is 16.7. The number of hydrogen-bond acceptors (Lipinski definition) is 16. The number of para-hydroxylation sites is 1. The standard InChI is InChI=1S/C32H39N3O15/c1-16(37)33-25-29(27(41)23(14-36)48-31(25)47-22-12-10-21(11-13-22)35(42)43)50-32-26(34-20-8-6-5-7-9-20)30(46-19(4)40)28(45-18(3)39)24(49-32)15-44-17(2)38/h5-13,23-32,34,36,41H,14-15H2,1-4H3,(H,33,37). The molecule has 4 rings (SSSR count). The van der Waals surface area contributed by atoms with Gasteiger partial charge in [-0.25, -0.2) is 0 Å². The molecule has 2 aliphatic rings. The van der Waals surface area contributed by atoms with Crippen LogP contribution in [0, 0.1) is 10.1 Å². The molecule has 0 aromatic heterocycles. The molecular weight excluding hydrogens is 666 g/mol. The zero-order valence-corrected chi connectivity index (χ0v) is 27.5. The van der Waals surface area contributed by atoms with E-state index in [1.165, 1.54) is 31.2 Å². The van der Waals surface area contributed by atoms with Crippen LogP contribution in [0.5, 0.6) is 5.75 Å². The average Bonchev–Trinajstić information content (AvgIpc) is 3.05. The van der Waals surface area contributed by atoms with Gasteiger partial charge in [0, 0.05) is 45.5 Å². The third-order valence-electron chi connectivity index (χ3n) is 7.62. The molecule has 18 nitrogen and oxygen atoms in total. The van der Waals surface area contributed by atoms with E-state index in [1.54, 1.807) is 30.3 Å². The van der Waals surface area contributed by atoms with Crippen LogP contribution in [0.2, 0.25) is 0 Å². The summed E-state index contributed by atoms with van der Waals surface area (Å²) in [4.78, 5) is 59.5. The van der Waals surface area contributed by atoms with Gasteiger partial charge in [-0.2, -0.15) is 0 Å². The van der Waals surface area contributed by atoms with Crippen LogP contribution in [0.3, 0.4) is 0 Å². The van der Waals surface area contributed by atoms with E-state index in [0.29, 0.717) is 5.69 Å². The van der Waals surface area contributed by atoms with Crippen molar-refractivity contribution in [3.05, 3.63) is 64.7 Å². The molecule has 0 saturated carbocycles. The topological polar surface area (TPSA) is 241 Å². The Morgan fingerprint density at radius 3 is 2.00 bits per heavy atom. The minimum Gasteiger partial charge on any atom is -0.463 e. The fraction of sp³-hybridized carbons (Fsp3) is 0.500. The first-order chi connectivity index (χ1) is 23.8. The van der Waals surface area contributed by atoms with Gasteiger partial charge < -0.3 is 54.0 Å². The summed E-state index contributed by atoms with van der Waals surface area (Å²) < 4.78 is 40.8. The summed E-state index contributed by atoms with van der Waals surface area (Å²) in [6.45, 7) is 3.41.